The zero-order chi connectivity index (χ0) is 23.9. The van der Waals surface area contributed by atoms with E-state index in [-0.39, 0.29) is 49.6 Å². The number of benzene rings is 2. The second-order valence-electron chi connectivity index (χ2n) is 7.20. The van der Waals surface area contributed by atoms with Gasteiger partial charge in [0.2, 0.25) is 9.84 Å². The van der Waals surface area contributed by atoms with E-state index in [1.54, 1.807) is 13.8 Å². The quantitative estimate of drug-likeness (QED) is 0.267. The highest BCUT2D eigenvalue weighted by atomic mass is 35.5. The number of halogens is 3. The van der Waals surface area contributed by atoms with E-state index >= 15 is 0 Å². The molecule has 2 rings (SSSR count). The topological polar surface area (TPSA) is 86.7 Å². The van der Waals surface area contributed by atoms with Crippen molar-refractivity contribution >= 4 is 54.5 Å². The molecule has 2 aromatic carbocycles. The Kier molecular flexibility index (Phi) is 9.97. The lowest BCUT2D eigenvalue weighted by atomic mass is 10.2. The molecule has 0 saturated heterocycles. The minimum atomic E-state index is -3.88. The van der Waals surface area contributed by atoms with Gasteiger partial charge in [0.1, 0.15) is 15.6 Å². The molecule has 1 atom stereocenters. The van der Waals surface area contributed by atoms with Crippen LogP contribution in [-0.4, -0.2) is 47.4 Å². The molecule has 0 N–H and O–H groups in total. The molecule has 0 aliphatic carbocycles. The maximum atomic E-state index is 13.0. The summed E-state index contributed by atoms with van der Waals surface area (Å²) in [6, 6.07) is 8.43. The van der Waals surface area contributed by atoms with Gasteiger partial charge in [-0.3, -0.25) is 0 Å². The molecule has 6 nitrogen and oxygen atoms in total. The van der Waals surface area contributed by atoms with Crippen LogP contribution in [0.25, 0.3) is 0 Å². The van der Waals surface area contributed by atoms with Gasteiger partial charge in [-0.05, 0) is 42.8 Å². The van der Waals surface area contributed by atoms with Gasteiger partial charge in [-0.2, -0.15) is 0 Å². The molecular formula is C21H25Cl3O6S2. The summed E-state index contributed by atoms with van der Waals surface area (Å²) in [6.45, 7) is 3.88. The van der Waals surface area contributed by atoms with Crippen molar-refractivity contribution in [1.82, 2.24) is 0 Å². The van der Waals surface area contributed by atoms with Crippen LogP contribution in [0.4, 0.5) is 0 Å². The fourth-order valence-electron chi connectivity index (χ4n) is 2.75. The summed E-state index contributed by atoms with van der Waals surface area (Å²) in [5.74, 6) is 0.974. The van der Waals surface area contributed by atoms with Crippen molar-refractivity contribution in [2.75, 3.05) is 30.6 Å². The highest BCUT2D eigenvalue weighted by Crippen LogP contribution is 2.37. The zero-order valence-corrected chi connectivity index (χ0v) is 21.6. The number of hydrogen-bond donors (Lipinski definition) is 0. The molecule has 0 aliphatic rings. The van der Waals surface area contributed by atoms with Crippen LogP contribution in [0.15, 0.2) is 46.2 Å². The first-order valence-corrected chi connectivity index (χ1v) is 14.5. The van der Waals surface area contributed by atoms with Gasteiger partial charge in [-0.25, -0.2) is 16.8 Å². The Labute approximate surface area is 204 Å². The molecule has 0 saturated carbocycles. The molecule has 0 bridgehead atoms. The van der Waals surface area contributed by atoms with Crippen molar-refractivity contribution in [1.29, 1.82) is 0 Å². The Morgan fingerprint density at radius 2 is 1.53 bits per heavy atom. The van der Waals surface area contributed by atoms with Crippen LogP contribution in [0, 0.1) is 5.92 Å². The van der Waals surface area contributed by atoms with Gasteiger partial charge in [0.15, 0.2) is 5.75 Å². The summed E-state index contributed by atoms with van der Waals surface area (Å²) in [5.41, 5.74) is 0. The summed E-state index contributed by atoms with van der Waals surface area (Å²) in [7, 11) is -6.97. The first kappa shape index (κ1) is 27.1. The number of sulfone groups is 2. The van der Waals surface area contributed by atoms with E-state index < -0.39 is 19.7 Å². The van der Waals surface area contributed by atoms with E-state index in [4.69, 9.17) is 44.3 Å². The van der Waals surface area contributed by atoms with Crippen molar-refractivity contribution < 1.29 is 26.3 Å². The Bertz CT molecular complexity index is 1090. The van der Waals surface area contributed by atoms with Crippen LogP contribution < -0.4 is 9.47 Å². The molecule has 0 amide bonds. The predicted octanol–water partition coefficient (Wildman–Crippen LogP) is 5.28. The first-order valence-electron chi connectivity index (χ1n) is 9.86. The molecular weight excluding hydrogens is 519 g/mol. The molecule has 0 spiro atoms. The lowest BCUT2D eigenvalue weighted by Gasteiger charge is -2.14. The van der Waals surface area contributed by atoms with Gasteiger partial charge in [0, 0.05) is 17.6 Å². The smallest absolute Gasteiger partial charge is 0.206 e. The van der Waals surface area contributed by atoms with Crippen LogP contribution in [0.5, 0.6) is 11.5 Å². The molecule has 0 aromatic heterocycles. The predicted molar refractivity (Wildman–Crippen MR) is 128 cm³/mol. The zero-order valence-electron chi connectivity index (χ0n) is 17.7. The van der Waals surface area contributed by atoms with E-state index in [1.807, 2.05) is 0 Å². The Morgan fingerprint density at radius 1 is 0.938 bits per heavy atom. The Hall–Kier alpha value is -1.19. The van der Waals surface area contributed by atoms with E-state index in [9.17, 15) is 16.8 Å². The molecule has 1 unspecified atom stereocenters. The van der Waals surface area contributed by atoms with Crippen LogP contribution >= 0.6 is 34.8 Å². The standard InChI is InChI=1S/C21H25Cl3O6S2/c1-3-31(25,26)14-15(2)13-30-16-5-7-17(8-6-16)32(27,28)18-11-19(23)21(20(24)12-18)29-10-4-9-22/h5-8,11-12,15H,3-4,9-10,13-14H2,1-2H3. The molecule has 0 radical (unpaired) electrons. The van der Waals surface area contributed by atoms with E-state index in [1.165, 1.54) is 36.4 Å². The maximum Gasteiger partial charge on any atom is 0.206 e. The third-order valence-electron chi connectivity index (χ3n) is 4.45. The molecule has 0 aliphatic heterocycles. The van der Waals surface area contributed by atoms with Gasteiger partial charge in [-0.1, -0.05) is 37.0 Å². The van der Waals surface area contributed by atoms with Crippen molar-refractivity contribution in [3.8, 4) is 11.5 Å². The second kappa shape index (κ2) is 11.8. The van der Waals surface area contributed by atoms with Crippen LogP contribution in [-0.2, 0) is 19.7 Å². The number of rotatable bonds is 12. The fraction of sp³-hybridized carbons (Fsp3) is 0.429. The van der Waals surface area contributed by atoms with E-state index in [0.29, 0.717) is 24.7 Å². The molecule has 0 fully saturated rings. The fourth-order valence-corrected chi connectivity index (χ4v) is 6.09. The summed E-state index contributed by atoms with van der Waals surface area (Å²) in [4.78, 5) is -0.0290. The van der Waals surface area contributed by atoms with Crippen LogP contribution in [0.2, 0.25) is 10.0 Å². The molecule has 0 heterocycles. The number of hydrogen-bond acceptors (Lipinski definition) is 6. The normalized spacial score (nSPS) is 13.0. The maximum absolute atomic E-state index is 13.0. The summed E-state index contributed by atoms with van der Waals surface area (Å²) in [5, 5.41) is 0.170. The van der Waals surface area contributed by atoms with Gasteiger partial charge >= 0.3 is 0 Å². The Balaban J connectivity index is 2.13. The molecule has 2 aromatic rings. The second-order valence-corrected chi connectivity index (χ2v) is 12.7. The summed E-state index contributed by atoms with van der Waals surface area (Å²) >= 11 is 18.0. The largest absolute Gasteiger partial charge is 0.493 e. The third kappa shape index (κ3) is 7.42. The van der Waals surface area contributed by atoms with Gasteiger partial charge in [0.25, 0.3) is 0 Å². The molecule has 11 heteroatoms. The van der Waals surface area contributed by atoms with Crippen LogP contribution in [0.3, 0.4) is 0 Å². The number of ether oxygens (including phenoxy) is 2. The van der Waals surface area contributed by atoms with Gasteiger partial charge in [-0.15, -0.1) is 11.6 Å². The van der Waals surface area contributed by atoms with E-state index in [0.717, 1.165) is 0 Å². The average molecular weight is 544 g/mol. The lowest BCUT2D eigenvalue weighted by molar-refractivity contribution is 0.271. The summed E-state index contributed by atoms with van der Waals surface area (Å²) < 4.78 is 60.5. The highest BCUT2D eigenvalue weighted by Gasteiger charge is 2.22. The van der Waals surface area contributed by atoms with Crippen molar-refractivity contribution in [2.45, 2.75) is 30.1 Å². The monoisotopic (exact) mass is 542 g/mol. The Morgan fingerprint density at radius 3 is 2.06 bits per heavy atom. The van der Waals surface area contributed by atoms with Crippen molar-refractivity contribution in [3.63, 3.8) is 0 Å². The van der Waals surface area contributed by atoms with Gasteiger partial charge in [0.05, 0.1) is 38.8 Å². The average Bonchev–Trinajstić information content (AvgIpc) is 2.74. The SMILES string of the molecule is CCS(=O)(=O)CC(C)COc1ccc(S(=O)(=O)c2cc(Cl)c(OCCCCl)c(Cl)c2)cc1. The van der Waals surface area contributed by atoms with Crippen molar-refractivity contribution in [2.24, 2.45) is 5.92 Å². The first-order chi connectivity index (χ1) is 15.0. The number of alkyl halides is 1. The minimum Gasteiger partial charge on any atom is -0.493 e. The summed E-state index contributed by atoms with van der Waals surface area (Å²) in [6.07, 6.45) is 0.593. The van der Waals surface area contributed by atoms with Crippen molar-refractivity contribution in [3.05, 3.63) is 46.4 Å². The molecule has 32 heavy (non-hydrogen) atoms. The van der Waals surface area contributed by atoms with Crippen LogP contribution in [0.1, 0.15) is 20.3 Å². The highest BCUT2D eigenvalue weighted by molar-refractivity contribution is 7.91. The lowest BCUT2D eigenvalue weighted by Crippen LogP contribution is -2.20. The minimum absolute atomic E-state index is 0.0308. The van der Waals surface area contributed by atoms with E-state index in [2.05, 4.69) is 0 Å². The van der Waals surface area contributed by atoms with Gasteiger partial charge < -0.3 is 9.47 Å². The molecule has 178 valence electrons. The third-order valence-corrected chi connectivity index (χ3v) is 8.99.